The molecule has 1 aliphatic carbocycles. The van der Waals surface area contributed by atoms with E-state index in [1.54, 1.807) is 24.3 Å². The van der Waals surface area contributed by atoms with Crippen molar-refractivity contribution in [2.75, 3.05) is 6.61 Å². The maximum absolute atomic E-state index is 12.5. The zero-order chi connectivity index (χ0) is 19.5. The van der Waals surface area contributed by atoms with Gasteiger partial charge in [-0.1, -0.05) is 42.8 Å². The molecular formula is C20H28N2O3S. The maximum atomic E-state index is 12.5. The summed E-state index contributed by atoms with van der Waals surface area (Å²) in [4.78, 5) is 2.50. The van der Waals surface area contributed by atoms with E-state index in [2.05, 4.69) is 23.1 Å². The van der Waals surface area contributed by atoms with Gasteiger partial charge in [-0.05, 0) is 50.7 Å². The third-order valence-electron chi connectivity index (χ3n) is 5.40. The van der Waals surface area contributed by atoms with Gasteiger partial charge in [0.15, 0.2) is 0 Å². The minimum atomic E-state index is -3.76. The molecule has 0 spiro atoms. The van der Waals surface area contributed by atoms with Crippen LogP contribution in [0.15, 0.2) is 59.1 Å². The molecule has 0 amide bonds. The van der Waals surface area contributed by atoms with Gasteiger partial charge in [-0.2, -0.15) is 13.5 Å². The topological polar surface area (TPSA) is 78.8 Å². The molecule has 0 saturated heterocycles. The van der Waals surface area contributed by atoms with E-state index in [-0.39, 0.29) is 23.3 Å². The van der Waals surface area contributed by atoms with Crippen LogP contribution in [0.2, 0.25) is 0 Å². The first-order chi connectivity index (χ1) is 12.1. The van der Waals surface area contributed by atoms with Crippen LogP contribution < -0.4 is 4.83 Å². The van der Waals surface area contributed by atoms with Gasteiger partial charge >= 0.3 is 0 Å². The van der Waals surface area contributed by atoms with Gasteiger partial charge in [-0.25, -0.2) is 4.83 Å². The van der Waals surface area contributed by atoms with Crippen LogP contribution in [-0.4, -0.2) is 25.8 Å². The van der Waals surface area contributed by atoms with Gasteiger partial charge in [0.1, 0.15) is 0 Å². The highest BCUT2D eigenvalue weighted by Gasteiger charge is 2.43. The molecule has 1 saturated carbocycles. The van der Waals surface area contributed by atoms with Crippen molar-refractivity contribution in [3.05, 3.63) is 54.6 Å². The van der Waals surface area contributed by atoms with Gasteiger partial charge < -0.3 is 5.11 Å². The molecule has 0 aliphatic heterocycles. The summed E-state index contributed by atoms with van der Waals surface area (Å²) in [6, 6.07) is 6.58. The third-order valence-corrected chi connectivity index (χ3v) is 6.62. The van der Waals surface area contributed by atoms with Gasteiger partial charge in [0, 0.05) is 11.1 Å². The molecule has 2 N–H and O–H groups in total. The largest absolute Gasteiger partial charge is 0.395 e. The van der Waals surface area contributed by atoms with Gasteiger partial charge in [-0.15, -0.1) is 6.58 Å². The Morgan fingerprint density at radius 2 is 2.04 bits per heavy atom. The Kier molecular flexibility index (Phi) is 6.09. The molecule has 0 aromatic heterocycles. The molecule has 6 heteroatoms. The molecule has 1 aromatic carbocycles. The summed E-state index contributed by atoms with van der Waals surface area (Å²) < 4.78 is 25.1. The normalized spacial score (nSPS) is 27.9. The number of nitrogens with zero attached hydrogens (tertiary/aromatic N) is 1. The van der Waals surface area contributed by atoms with Crippen molar-refractivity contribution in [2.45, 2.75) is 38.5 Å². The average Bonchev–Trinajstić information content (AvgIpc) is 2.60. The molecule has 0 bridgehead atoms. The molecule has 26 heavy (non-hydrogen) atoms. The summed E-state index contributed by atoms with van der Waals surface area (Å²) in [5.41, 5.74) is 1.98. The van der Waals surface area contributed by atoms with Crippen LogP contribution in [0.25, 0.3) is 0 Å². The number of aliphatic hydroxyl groups is 1. The lowest BCUT2D eigenvalue weighted by molar-refractivity contribution is 0.134. The Morgan fingerprint density at radius 1 is 1.42 bits per heavy atom. The molecule has 142 valence electrons. The highest BCUT2D eigenvalue weighted by Crippen LogP contribution is 2.43. The zero-order valence-corrected chi connectivity index (χ0v) is 16.5. The minimum absolute atomic E-state index is 0.00872. The van der Waals surface area contributed by atoms with Crippen LogP contribution in [0.5, 0.6) is 0 Å². The number of hydrazone groups is 1. The van der Waals surface area contributed by atoms with E-state index in [1.165, 1.54) is 0 Å². The number of allylic oxidation sites excluding steroid dienone is 2. The Labute approximate surface area is 156 Å². The summed E-state index contributed by atoms with van der Waals surface area (Å²) in [6.07, 6.45) is 3.20. The van der Waals surface area contributed by atoms with E-state index >= 15 is 0 Å². The summed E-state index contributed by atoms with van der Waals surface area (Å²) in [5.74, 6) is 0.172. The molecule has 1 aromatic rings. The first-order valence-corrected chi connectivity index (χ1v) is 10.2. The van der Waals surface area contributed by atoms with Gasteiger partial charge in [-0.3, -0.25) is 0 Å². The lowest BCUT2D eigenvalue weighted by Gasteiger charge is -2.43. The Hall–Kier alpha value is -1.92. The van der Waals surface area contributed by atoms with Crippen LogP contribution in [0.4, 0.5) is 0 Å². The van der Waals surface area contributed by atoms with Crippen molar-refractivity contribution in [1.29, 1.82) is 0 Å². The predicted octanol–water partition coefficient (Wildman–Crippen LogP) is 3.42. The predicted molar refractivity (Wildman–Crippen MR) is 105 cm³/mol. The summed E-state index contributed by atoms with van der Waals surface area (Å²) >= 11 is 0. The van der Waals surface area contributed by atoms with Gasteiger partial charge in [0.2, 0.25) is 0 Å². The number of aryl methyl sites for hydroxylation is 1. The molecule has 5 nitrogen and oxygen atoms in total. The fourth-order valence-corrected chi connectivity index (χ4v) is 4.16. The number of sulfonamides is 1. The second-order valence-electron chi connectivity index (χ2n) is 7.37. The number of aliphatic hydroxyl groups excluding tert-OH is 1. The minimum Gasteiger partial charge on any atom is -0.395 e. The first kappa shape index (κ1) is 20.4. The maximum Gasteiger partial charge on any atom is 0.276 e. The van der Waals surface area contributed by atoms with Crippen LogP contribution in [0.1, 0.15) is 32.3 Å². The lowest BCUT2D eigenvalue weighted by Crippen LogP contribution is -2.45. The van der Waals surface area contributed by atoms with E-state index < -0.39 is 15.4 Å². The van der Waals surface area contributed by atoms with Crippen molar-refractivity contribution in [3.63, 3.8) is 0 Å². The SMILES string of the molecule is C=C[C@@H]1C[C@@H](C(=C)C)C/C(=N\NS(=O)(=O)c2ccc(C)cc2)[C@@]1(C)CO. The van der Waals surface area contributed by atoms with Crippen LogP contribution >= 0.6 is 0 Å². The van der Waals surface area contributed by atoms with Crippen molar-refractivity contribution in [1.82, 2.24) is 4.83 Å². The van der Waals surface area contributed by atoms with E-state index in [9.17, 15) is 13.5 Å². The Morgan fingerprint density at radius 3 is 2.54 bits per heavy atom. The van der Waals surface area contributed by atoms with E-state index in [0.717, 1.165) is 17.6 Å². The fourth-order valence-electron chi connectivity index (χ4n) is 3.33. The van der Waals surface area contributed by atoms with Crippen molar-refractivity contribution in [2.24, 2.45) is 22.4 Å². The Bertz CT molecular complexity index is 812. The molecule has 3 atom stereocenters. The second kappa shape index (κ2) is 7.76. The van der Waals surface area contributed by atoms with Crippen LogP contribution in [-0.2, 0) is 10.0 Å². The van der Waals surface area contributed by atoms with Crippen molar-refractivity contribution >= 4 is 15.7 Å². The van der Waals surface area contributed by atoms with Crippen molar-refractivity contribution in [3.8, 4) is 0 Å². The van der Waals surface area contributed by atoms with E-state index in [1.807, 2.05) is 26.8 Å². The molecule has 0 radical (unpaired) electrons. The molecule has 2 rings (SSSR count). The molecule has 0 unspecified atom stereocenters. The Balaban J connectivity index is 2.36. The molecule has 1 aliphatic rings. The van der Waals surface area contributed by atoms with Gasteiger partial charge in [0.05, 0.1) is 11.5 Å². The lowest BCUT2D eigenvalue weighted by atomic mass is 9.62. The quantitative estimate of drug-likeness (QED) is 0.590. The van der Waals surface area contributed by atoms with Crippen LogP contribution in [0.3, 0.4) is 0 Å². The first-order valence-electron chi connectivity index (χ1n) is 8.68. The average molecular weight is 377 g/mol. The standard InChI is InChI=1S/C20H28N2O3S/c1-6-17-11-16(14(2)3)12-19(20(17,5)13-23)21-22-26(24,25)18-9-7-15(4)8-10-18/h6-10,16-17,22-23H,1-2,11-13H2,3-5H3/b21-19+/t16-,17-,20+/m1/s1. The van der Waals surface area contributed by atoms with E-state index in [0.29, 0.717) is 12.1 Å². The number of hydrogen-bond acceptors (Lipinski definition) is 4. The number of benzene rings is 1. The summed E-state index contributed by atoms with van der Waals surface area (Å²) in [7, 11) is -3.76. The zero-order valence-electron chi connectivity index (χ0n) is 15.7. The summed E-state index contributed by atoms with van der Waals surface area (Å²) in [5, 5.41) is 14.2. The molecule has 0 heterocycles. The molecular weight excluding hydrogens is 348 g/mol. The third kappa shape index (κ3) is 4.07. The highest BCUT2D eigenvalue weighted by molar-refractivity contribution is 7.89. The fraction of sp³-hybridized carbons (Fsp3) is 0.450. The number of hydrogen-bond donors (Lipinski definition) is 2. The number of rotatable bonds is 6. The molecule has 1 fully saturated rings. The van der Waals surface area contributed by atoms with E-state index in [4.69, 9.17) is 0 Å². The second-order valence-corrected chi connectivity index (χ2v) is 9.03. The number of nitrogens with one attached hydrogen (secondary N) is 1. The monoisotopic (exact) mass is 376 g/mol. The van der Waals surface area contributed by atoms with Crippen molar-refractivity contribution < 1.29 is 13.5 Å². The highest BCUT2D eigenvalue weighted by atomic mass is 32.2. The van der Waals surface area contributed by atoms with Crippen LogP contribution in [0, 0.1) is 24.2 Å². The smallest absolute Gasteiger partial charge is 0.276 e. The summed E-state index contributed by atoms with van der Waals surface area (Å²) in [6.45, 7) is 13.5. The van der Waals surface area contributed by atoms with Gasteiger partial charge in [0.25, 0.3) is 10.0 Å².